The van der Waals surface area contributed by atoms with Crippen molar-refractivity contribution in [2.45, 2.75) is 0 Å². The fourth-order valence-electron chi connectivity index (χ4n) is 1.82. The van der Waals surface area contributed by atoms with Crippen molar-refractivity contribution in [3.8, 4) is 0 Å². The molecule has 1 amide bonds. The monoisotopic (exact) mass is 339 g/mol. The Balaban J connectivity index is 2.30. The van der Waals surface area contributed by atoms with Gasteiger partial charge in [0.2, 0.25) is 0 Å². The highest BCUT2D eigenvalue weighted by atomic mass is 35.5. The van der Waals surface area contributed by atoms with E-state index in [4.69, 9.17) is 23.2 Å². The topological polar surface area (TPSA) is 84.3 Å². The van der Waals surface area contributed by atoms with Gasteiger partial charge in [0.05, 0.1) is 15.6 Å². The molecule has 0 unspecified atom stereocenters. The molecule has 8 heteroatoms. The smallest absolute Gasteiger partial charge is 0.293 e. The van der Waals surface area contributed by atoms with Crippen LogP contribution >= 0.6 is 23.2 Å². The Hall–Kier alpha value is -2.31. The summed E-state index contributed by atoms with van der Waals surface area (Å²) in [5.74, 6) is -0.505. The number of anilines is 2. The van der Waals surface area contributed by atoms with Gasteiger partial charge in [0.25, 0.3) is 11.6 Å². The molecule has 0 bridgehead atoms. The van der Waals surface area contributed by atoms with Crippen LogP contribution in [0.2, 0.25) is 10.0 Å². The number of benzene rings is 2. The average Bonchev–Trinajstić information content (AvgIpc) is 2.49. The molecule has 6 nitrogen and oxygen atoms in total. The minimum Gasteiger partial charge on any atom is -0.383 e. The maximum Gasteiger partial charge on any atom is 0.293 e. The van der Waals surface area contributed by atoms with Crippen molar-refractivity contribution in [1.82, 2.24) is 0 Å². The largest absolute Gasteiger partial charge is 0.383 e. The third-order valence-electron chi connectivity index (χ3n) is 2.91. The van der Waals surface area contributed by atoms with Crippen molar-refractivity contribution < 1.29 is 9.72 Å². The molecule has 0 aromatic heterocycles. The lowest BCUT2D eigenvalue weighted by atomic mass is 10.1. The van der Waals surface area contributed by atoms with Gasteiger partial charge in [-0.3, -0.25) is 14.9 Å². The van der Waals surface area contributed by atoms with Gasteiger partial charge in [0.1, 0.15) is 5.69 Å². The first-order chi connectivity index (χ1) is 10.4. The number of amides is 1. The maximum atomic E-state index is 12.2. The second-order valence-electron chi connectivity index (χ2n) is 4.32. The zero-order chi connectivity index (χ0) is 16.3. The zero-order valence-corrected chi connectivity index (χ0v) is 12.9. The zero-order valence-electron chi connectivity index (χ0n) is 11.4. The molecular formula is C14H11Cl2N3O3. The summed E-state index contributed by atoms with van der Waals surface area (Å²) in [7, 11) is 1.57. The minimum absolute atomic E-state index is 0.150. The first-order valence-electron chi connectivity index (χ1n) is 6.15. The highest BCUT2D eigenvalue weighted by molar-refractivity contribution is 6.36. The summed E-state index contributed by atoms with van der Waals surface area (Å²) in [5.41, 5.74) is 0.663. The molecule has 2 aromatic carbocycles. The van der Waals surface area contributed by atoms with Crippen molar-refractivity contribution in [2.75, 3.05) is 17.7 Å². The standard InChI is InChI=1S/C14H11Cl2N3O3/c1-17-12-4-2-8(6-13(12)19(21)22)14(20)18-11-5-3-9(15)7-10(11)16/h2-7,17H,1H3,(H,18,20). The predicted octanol–water partition coefficient (Wildman–Crippen LogP) is 4.20. The predicted molar refractivity (Wildman–Crippen MR) is 87.1 cm³/mol. The fraction of sp³-hybridized carbons (Fsp3) is 0.0714. The summed E-state index contributed by atoms with van der Waals surface area (Å²) in [4.78, 5) is 22.6. The quantitative estimate of drug-likeness (QED) is 0.645. The third kappa shape index (κ3) is 3.47. The van der Waals surface area contributed by atoms with Crippen LogP contribution < -0.4 is 10.6 Å². The van der Waals surface area contributed by atoms with Crippen molar-refractivity contribution in [2.24, 2.45) is 0 Å². The number of nitro benzene ring substituents is 1. The first kappa shape index (κ1) is 16.1. The molecule has 0 saturated heterocycles. The Kier molecular flexibility index (Phi) is 4.85. The van der Waals surface area contributed by atoms with Crippen LogP contribution in [0.3, 0.4) is 0 Å². The molecule has 0 heterocycles. The number of hydrogen-bond acceptors (Lipinski definition) is 4. The van der Waals surface area contributed by atoms with Gasteiger partial charge >= 0.3 is 0 Å². The van der Waals surface area contributed by atoms with E-state index in [0.29, 0.717) is 16.4 Å². The van der Waals surface area contributed by atoms with E-state index in [1.807, 2.05) is 0 Å². The summed E-state index contributed by atoms with van der Waals surface area (Å²) in [6, 6.07) is 8.78. The lowest BCUT2D eigenvalue weighted by molar-refractivity contribution is -0.384. The van der Waals surface area contributed by atoms with Gasteiger partial charge in [-0.2, -0.15) is 0 Å². The molecule has 0 aliphatic heterocycles. The molecule has 2 N–H and O–H groups in total. The molecule has 114 valence electrons. The molecule has 0 fully saturated rings. The van der Waals surface area contributed by atoms with Crippen LogP contribution in [0.15, 0.2) is 36.4 Å². The molecule has 0 radical (unpaired) electrons. The van der Waals surface area contributed by atoms with E-state index >= 15 is 0 Å². The molecule has 2 rings (SSSR count). The lowest BCUT2D eigenvalue weighted by Gasteiger charge is -2.08. The highest BCUT2D eigenvalue weighted by Gasteiger charge is 2.17. The SMILES string of the molecule is CNc1ccc(C(=O)Nc2ccc(Cl)cc2Cl)cc1[N+](=O)[O-]. The number of nitrogens with zero attached hydrogens (tertiary/aromatic N) is 1. The fourth-order valence-corrected chi connectivity index (χ4v) is 2.28. The summed E-state index contributed by atoms with van der Waals surface area (Å²) in [6.07, 6.45) is 0. The molecule has 0 aliphatic carbocycles. The third-order valence-corrected chi connectivity index (χ3v) is 3.45. The Bertz CT molecular complexity index is 750. The summed E-state index contributed by atoms with van der Waals surface area (Å²) in [6.45, 7) is 0. The van der Waals surface area contributed by atoms with Gasteiger partial charge in [-0.15, -0.1) is 0 Å². The Morgan fingerprint density at radius 3 is 2.41 bits per heavy atom. The van der Waals surface area contributed by atoms with Crippen LogP contribution in [0.5, 0.6) is 0 Å². The molecule has 0 aliphatic rings. The normalized spacial score (nSPS) is 10.1. The van der Waals surface area contributed by atoms with E-state index in [-0.39, 0.29) is 16.3 Å². The van der Waals surface area contributed by atoms with E-state index in [9.17, 15) is 14.9 Å². The van der Waals surface area contributed by atoms with E-state index in [0.717, 1.165) is 0 Å². The summed E-state index contributed by atoms with van der Waals surface area (Å²) >= 11 is 11.8. The van der Waals surface area contributed by atoms with Crippen molar-refractivity contribution >= 4 is 46.2 Å². The van der Waals surface area contributed by atoms with Crippen molar-refractivity contribution in [3.63, 3.8) is 0 Å². The minimum atomic E-state index is -0.558. The van der Waals surface area contributed by atoms with Crippen LogP contribution in [0, 0.1) is 10.1 Å². The van der Waals surface area contributed by atoms with Crippen molar-refractivity contribution in [3.05, 3.63) is 62.1 Å². The van der Waals surface area contributed by atoms with Gasteiger partial charge in [0, 0.05) is 23.7 Å². The molecular weight excluding hydrogens is 329 g/mol. The van der Waals surface area contributed by atoms with E-state index in [1.165, 1.54) is 24.3 Å². The Morgan fingerprint density at radius 1 is 1.14 bits per heavy atom. The van der Waals surface area contributed by atoms with Gasteiger partial charge < -0.3 is 10.6 Å². The first-order valence-corrected chi connectivity index (χ1v) is 6.90. The number of carbonyl (C=O) groups is 1. The van der Waals surface area contributed by atoms with Crippen LogP contribution in [0.1, 0.15) is 10.4 Å². The number of nitrogens with one attached hydrogen (secondary N) is 2. The summed E-state index contributed by atoms with van der Waals surface area (Å²) < 4.78 is 0. The molecule has 2 aromatic rings. The Labute approximate surface area is 136 Å². The van der Waals surface area contributed by atoms with Gasteiger partial charge in [-0.05, 0) is 30.3 Å². The Morgan fingerprint density at radius 2 is 1.82 bits per heavy atom. The van der Waals surface area contributed by atoms with E-state index in [1.54, 1.807) is 19.2 Å². The van der Waals surface area contributed by atoms with Crippen LogP contribution in [0.25, 0.3) is 0 Å². The second kappa shape index (κ2) is 6.64. The van der Waals surface area contributed by atoms with Gasteiger partial charge in [0.15, 0.2) is 0 Å². The molecule has 22 heavy (non-hydrogen) atoms. The van der Waals surface area contributed by atoms with Crippen LogP contribution in [0.4, 0.5) is 17.1 Å². The van der Waals surface area contributed by atoms with E-state index < -0.39 is 10.8 Å². The van der Waals surface area contributed by atoms with Gasteiger partial charge in [-0.25, -0.2) is 0 Å². The molecule has 0 atom stereocenters. The second-order valence-corrected chi connectivity index (χ2v) is 5.16. The van der Waals surface area contributed by atoms with Crippen LogP contribution in [-0.4, -0.2) is 17.9 Å². The maximum absolute atomic E-state index is 12.2. The summed E-state index contributed by atoms with van der Waals surface area (Å²) in [5, 5.41) is 17.0. The van der Waals surface area contributed by atoms with Crippen molar-refractivity contribution in [1.29, 1.82) is 0 Å². The lowest BCUT2D eigenvalue weighted by Crippen LogP contribution is -2.12. The molecule has 0 saturated carbocycles. The van der Waals surface area contributed by atoms with Crippen LogP contribution in [-0.2, 0) is 0 Å². The number of rotatable bonds is 4. The number of hydrogen-bond donors (Lipinski definition) is 2. The number of carbonyl (C=O) groups excluding carboxylic acids is 1. The number of nitro groups is 1. The van der Waals surface area contributed by atoms with E-state index in [2.05, 4.69) is 10.6 Å². The highest BCUT2D eigenvalue weighted by Crippen LogP contribution is 2.28. The average molecular weight is 340 g/mol. The van der Waals surface area contributed by atoms with Gasteiger partial charge in [-0.1, -0.05) is 23.2 Å². The number of halogens is 2. The molecule has 0 spiro atoms.